The zero-order valence-electron chi connectivity index (χ0n) is 33.9. The summed E-state index contributed by atoms with van der Waals surface area (Å²) in [6.07, 6.45) is 0. The average molecular weight is 857 g/mol. The van der Waals surface area contributed by atoms with Gasteiger partial charge < -0.3 is 9.80 Å². The molecule has 3 aromatic heterocycles. The molecule has 13 aromatic rings. The monoisotopic (exact) mass is 856 g/mol. The van der Waals surface area contributed by atoms with Gasteiger partial charge in [0, 0.05) is 84.0 Å². The molecule has 13 rings (SSSR count). The fraction of sp³-hybridized carbons (Fsp3) is 0. The highest BCUT2D eigenvalue weighted by molar-refractivity contribution is 7.27. The number of fused-ring (bicyclic) bond motifs is 11. The van der Waals surface area contributed by atoms with Gasteiger partial charge >= 0.3 is 0 Å². The van der Waals surface area contributed by atoms with Crippen molar-refractivity contribution >= 4 is 139 Å². The standard InChI is InChI=1S/C58H36N2S3/c1-3-14-37(15-4-1)38-26-28-40(29-27-38)59(39-16-5-2-6-17-39)51-36-56-57(46-21-8-7-18-43(46)51)49-35-42(31-33-55(49)62-56)60(41-30-32-54-48(34-41)45-20-10-11-24-52(45)61-54)50-23-13-22-47-44-19-9-12-25-53(44)63-58(47)50/h1-36H. The molecule has 0 saturated carbocycles. The van der Waals surface area contributed by atoms with Crippen LogP contribution in [0.4, 0.5) is 34.1 Å². The summed E-state index contributed by atoms with van der Waals surface area (Å²) in [6.45, 7) is 0. The Hall–Kier alpha value is -7.28. The third-order valence-corrected chi connectivity index (χ3v) is 15.9. The van der Waals surface area contributed by atoms with Crippen LogP contribution in [0, 0.1) is 0 Å². The summed E-state index contributed by atoms with van der Waals surface area (Å²) in [6, 6.07) is 80.3. The van der Waals surface area contributed by atoms with Gasteiger partial charge in [0.15, 0.2) is 0 Å². The third-order valence-electron chi connectivity index (χ3n) is 12.4. The molecule has 5 heteroatoms. The van der Waals surface area contributed by atoms with Gasteiger partial charge in [-0.3, -0.25) is 0 Å². The highest BCUT2D eigenvalue weighted by atomic mass is 32.1. The lowest BCUT2D eigenvalue weighted by atomic mass is 10.00. The van der Waals surface area contributed by atoms with Gasteiger partial charge in [0.25, 0.3) is 0 Å². The zero-order chi connectivity index (χ0) is 41.4. The number of hydrogen-bond acceptors (Lipinski definition) is 5. The number of nitrogens with zero attached hydrogens (tertiary/aromatic N) is 2. The van der Waals surface area contributed by atoms with Crippen molar-refractivity contribution in [2.24, 2.45) is 0 Å². The number of benzene rings is 10. The molecule has 0 aliphatic carbocycles. The number of thiophene rings is 3. The van der Waals surface area contributed by atoms with E-state index in [4.69, 9.17) is 0 Å². The maximum Gasteiger partial charge on any atom is 0.0640 e. The summed E-state index contributed by atoms with van der Waals surface area (Å²) >= 11 is 5.63. The van der Waals surface area contributed by atoms with Crippen LogP contribution >= 0.6 is 34.0 Å². The van der Waals surface area contributed by atoms with E-state index in [9.17, 15) is 0 Å². The minimum atomic E-state index is 1.12. The second-order valence-electron chi connectivity index (χ2n) is 16.0. The molecule has 0 fully saturated rings. The molecule has 0 N–H and O–H groups in total. The molecule has 10 aromatic carbocycles. The van der Waals surface area contributed by atoms with Gasteiger partial charge in [-0.2, -0.15) is 0 Å². The van der Waals surface area contributed by atoms with Gasteiger partial charge in [-0.05, 0) is 101 Å². The molecule has 0 saturated heterocycles. The van der Waals surface area contributed by atoms with E-state index >= 15 is 0 Å². The van der Waals surface area contributed by atoms with Crippen molar-refractivity contribution < 1.29 is 0 Å². The first-order chi connectivity index (χ1) is 31.2. The molecule has 0 amide bonds. The van der Waals surface area contributed by atoms with Crippen LogP contribution in [0.1, 0.15) is 0 Å². The molecule has 0 aliphatic heterocycles. The Kier molecular flexibility index (Phi) is 8.48. The molecule has 0 radical (unpaired) electrons. The summed E-state index contributed by atoms with van der Waals surface area (Å²) < 4.78 is 7.75. The van der Waals surface area contributed by atoms with Crippen molar-refractivity contribution in [1.29, 1.82) is 0 Å². The minimum Gasteiger partial charge on any atom is -0.310 e. The Morgan fingerprint density at radius 1 is 0.254 bits per heavy atom. The van der Waals surface area contributed by atoms with E-state index in [-0.39, 0.29) is 0 Å². The van der Waals surface area contributed by atoms with Gasteiger partial charge in [0.05, 0.1) is 16.1 Å². The van der Waals surface area contributed by atoms with E-state index in [1.54, 1.807) is 0 Å². The van der Waals surface area contributed by atoms with Crippen molar-refractivity contribution in [3.63, 3.8) is 0 Å². The van der Waals surface area contributed by atoms with Crippen molar-refractivity contribution in [3.05, 3.63) is 218 Å². The lowest BCUT2D eigenvalue weighted by Crippen LogP contribution is -2.10. The highest BCUT2D eigenvalue weighted by Crippen LogP contribution is 2.50. The van der Waals surface area contributed by atoms with Crippen molar-refractivity contribution in [2.75, 3.05) is 9.80 Å². The Labute approximate surface area is 376 Å². The Morgan fingerprint density at radius 3 is 1.49 bits per heavy atom. The zero-order valence-corrected chi connectivity index (χ0v) is 36.4. The summed E-state index contributed by atoms with van der Waals surface area (Å²) in [5.74, 6) is 0. The van der Waals surface area contributed by atoms with Crippen LogP contribution in [0.15, 0.2) is 218 Å². The first-order valence-corrected chi connectivity index (χ1v) is 23.7. The highest BCUT2D eigenvalue weighted by Gasteiger charge is 2.23. The predicted molar refractivity (Wildman–Crippen MR) is 277 cm³/mol. The van der Waals surface area contributed by atoms with E-state index in [1.807, 2.05) is 34.0 Å². The fourth-order valence-electron chi connectivity index (χ4n) is 9.56. The van der Waals surface area contributed by atoms with Crippen LogP contribution in [-0.2, 0) is 0 Å². The molecule has 63 heavy (non-hydrogen) atoms. The lowest BCUT2D eigenvalue weighted by Gasteiger charge is -2.27. The van der Waals surface area contributed by atoms with Gasteiger partial charge in [0.1, 0.15) is 0 Å². The third kappa shape index (κ3) is 5.96. The maximum absolute atomic E-state index is 2.50. The van der Waals surface area contributed by atoms with E-state index in [0.717, 1.165) is 28.4 Å². The molecule has 0 atom stereocenters. The number of hydrogen-bond donors (Lipinski definition) is 0. The van der Waals surface area contributed by atoms with Gasteiger partial charge in [-0.25, -0.2) is 0 Å². The lowest BCUT2D eigenvalue weighted by molar-refractivity contribution is 1.30. The summed E-state index contributed by atoms with van der Waals surface area (Å²) in [5.41, 5.74) is 9.31. The molecular weight excluding hydrogens is 821 g/mol. The molecule has 3 heterocycles. The molecule has 2 nitrogen and oxygen atoms in total. The topological polar surface area (TPSA) is 6.48 Å². The van der Waals surface area contributed by atoms with Crippen LogP contribution in [-0.4, -0.2) is 0 Å². The smallest absolute Gasteiger partial charge is 0.0640 e. The molecule has 0 spiro atoms. The van der Waals surface area contributed by atoms with Gasteiger partial charge in [-0.1, -0.05) is 133 Å². The number of anilines is 6. The van der Waals surface area contributed by atoms with E-state index in [2.05, 4.69) is 228 Å². The number of rotatable bonds is 7. The summed E-state index contributed by atoms with van der Waals surface area (Å²) in [5, 5.41) is 10.2. The Balaban J connectivity index is 1.03. The minimum absolute atomic E-state index is 1.12. The van der Waals surface area contributed by atoms with E-state index < -0.39 is 0 Å². The van der Waals surface area contributed by atoms with Crippen LogP contribution in [0.25, 0.3) is 82.4 Å². The Bertz CT molecular complexity index is 3860. The molecule has 296 valence electrons. The maximum atomic E-state index is 2.50. The molecular formula is C58H36N2S3. The summed E-state index contributed by atoms with van der Waals surface area (Å²) in [7, 11) is 0. The predicted octanol–water partition coefficient (Wildman–Crippen LogP) is 18.6. The molecule has 0 unspecified atom stereocenters. The normalized spacial score (nSPS) is 11.8. The quantitative estimate of drug-likeness (QED) is 0.158. The first kappa shape index (κ1) is 36.4. The van der Waals surface area contributed by atoms with Crippen LogP contribution in [0.3, 0.4) is 0 Å². The SMILES string of the molecule is c1ccc(-c2ccc(N(c3ccccc3)c3cc4sc5ccc(N(c6ccc7sc8ccccc8c7c6)c6cccc7c6sc6ccccc67)cc5c4c4ccccc34)cc2)cc1. The summed E-state index contributed by atoms with van der Waals surface area (Å²) in [4.78, 5) is 4.92. The van der Waals surface area contributed by atoms with Crippen LogP contribution < -0.4 is 9.80 Å². The van der Waals surface area contributed by atoms with Gasteiger partial charge in [-0.15, -0.1) is 34.0 Å². The Morgan fingerprint density at radius 2 is 0.746 bits per heavy atom. The molecule has 0 bridgehead atoms. The van der Waals surface area contributed by atoms with E-state index in [0.29, 0.717) is 0 Å². The molecule has 0 aliphatic rings. The van der Waals surface area contributed by atoms with Crippen molar-refractivity contribution in [1.82, 2.24) is 0 Å². The van der Waals surface area contributed by atoms with Crippen molar-refractivity contribution in [3.8, 4) is 11.1 Å². The number of para-hydroxylation sites is 1. The van der Waals surface area contributed by atoms with E-state index in [1.165, 1.54) is 88.1 Å². The largest absolute Gasteiger partial charge is 0.310 e. The second-order valence-corrected chi connectivity index (χ2v) is 19.3. The van der Waals surface area contributed by atoms with Crippen LogP contribution in [0.5, 0.6) is 0 Å². The fourth-order valence-corrected chi connectivity index (χ4v) is 13.0. The first-order valence-electron chi connectivity index (χ1n) is 21.2. The van der Waals surface area contributed by atoms with Crippen molar-refractivity contribution in [2.45, 2.75) is 0 Å². The second kappa shape index (κ2) is 14.7. The average Bonchev–Trinajstić information content (AvgIpc) is 4.04. The van der Waals surface area contributed by atoms with Crippen LogP contribution in [0.2, 0.25) is 0 Å². The van der Waals surface area contributed by atoms with Gasteiger partial charge in [0.2, 0.25) is 0 Å².